The molecule has 1 atom stereocenters. The lowest BCUT2D eigenvalue weighted by atomic mass is 10.1. The topological polar surface area (TPSA) is 68.0 Å². The molecule has 2 aromatic rings. The van der Waals surface area contributed by atoms with Crippen molar-refractivity contribution in [3.63, 3.8) is 0 Å². The first-order chi connectivity index (χ1) is 12.8. The van der Waals surface area contributed by atoms with Crippen molar-refractivity contribution in [2.75, 3.05) is 33.4 Å². The van der Waals surface area contributed by atoms with Gasteiger partial charge in [-0.15, -0.1) is 24.0 Å². The Balaban J connectivity index is 0.00000261. The van der Waals surface area contributed by atoms with Crippen molar-refractivity contribution in [1.82, 2.24) is 10.6 Å². The zero-order valence-corrected chi connectivity index (χ0v) is 18.0. The summed E-state index contributed by atoms with van der Waals surface area (Å²) in [5, 5.41) is 6.83. The summed E-state index contributed by atoms with van der Waals surface area (Å²) in [5.74, 6) is 3.17. The van der Waals surface area contributed by atoms with E-state index in [0.717, 1.165) is 62.2 Å². The van der Waals surface area contributed by atoms with E-state index in [1.165, 1.54) is 0 Å². The quantitative estimate of drug-likeness (QED) is 0.342. The van der Waals surface area contributed by atoms with Crippen molar-refractivity contribution >= 4 is 29.9 Å². The Labute approximate surface area is 177 Å². The number of furan rings is 1. The van der Waals surface area contributed by atoms with Gasteiger partial charge < -0.3 is 24.5 Å². The first kappa shape index (κ1) is 21.6. The zero-order valence-electron chi connectivity index (χ0n) is 15.6. The molecular formula is C20H28IN3O3. The molecule has 0 aliphatic carbocycles. The van der Waals surface area contributed by atoms with E-state index >= 15 is 0 Å². The van der Waals surface area contributed by atoms with Crippen molar-refractivity contribution < 1.29 is 13.9 Å². The number of ether oxygens (including phenoxy) is 2. The van der Waals surface area contributed by atoms with Gasteiger partial charge in [0.05, 0.1) is 26.5 Å². The van der Waals surface area contributed by atoms with Gasteiger partial charge >= 0.3 is 0 Å². The molecule has 1 saturated heterocycles. The molecule has 0 spiro atoms. The second kappa shape index (κ2) is 11.9. The maximum atomic E-state index is 5.45. The summed E-state index contributed by atoms with van der Waals surface area (Å²) in [6.07, 6.45) is 3.62. The standard InChI is InChI=1S/C20H27N3O3.HI/c1-24-19-5-2-4-16(12-19)13-22-20(23-14-17-8-11-25-15-17)21-9-7-18-6-3-10-26-18;/h2-6,10,12,17H,7-9,11,13-15H2,1H3,(H2,21,22,23);1H. The molecule has 2 heterocycles. The van der Waals surface area contributed by atoms with Gasteiger partial charge in [-0.2, -0.15) is 0 Å². The molecule has 3 rings (SSSR count). The summed E-state index contributed by atoms with van der Waals surface area (Å²) in [6.45, 7) is 3.90. The smallest absolute Gasteiger partial charge is 0.191 e. The molecule has 1 unspecified atom stereocenters. The number of hydrogen-bond acceptors (Lipinski definition) is 4. The predicted octanol–water partition coefficient (Wildman–Crippen LogP) is 3.22. The largest absolute Gasteiger partial charge is 0.497 e. The lowest BCUT2D eigenvalue weighted by Crippen LogP contribution is -2.40. The minimum atomic E-state index is 0. The summed E-state index contributed by atoms with van der Waals surface area (Å²) in [6, 6.07) is 11.9. The average molecular weight is 485 g/mol. The molecule has 0 bridgehead atoms. The maximum absolute atomic E-state index is 5.45. The third-order valence-electron chi connectivity index (χ3n) is 4.38. The highest BCUT2D eigenvalue weighted by molar-refractivity contribution is 14.0. The molecule has 0 saturated carbocycles. The lowest BCUT2D eigenvalue weighted by molar-refractivity contribution is 0.186. The molecule has 27 heavy (non-hydrogen) atoms. The van der Waals surface area contributed by atoms with Crippen molar-refractivity contribution in [3.8, 4) is 5.75 Å². The van der Waals surface area contributed by atoms with Crippen molar-refractivity contribution in [2.45, 2.75) is 19.4 Å². The molecule has 1 aromatic heterocycles. The number of guanidine groups is 1. The Morgan fingerprint density at radius 3 is 2.93 bits per heavy atom. The van der Waals surface area contributed by atoms with Gasteiger partial charge in [-0.3, -0.25) is 0 Å². The molecule has 1 aromatic carbocycles. The highest BCUT2D eigenvalue weighted by Crippen LogP contribution is 2.13. The van der Waals surface area contributed by atoms with E-state index in [9.17, 15) is 0 Å². The summed E-state index contributed by atoms with van der Waals surface area (Å²) < 4.78 is 16.1. The Kier molecular flexibility index (Phi) is 9.47. The summed E-state index contributed by atoms with van der Waals surface area (Å²) in [7, 11) is 1.68. The van der Waals surface area contributed by atoms with Gasteiger partial charge in [-0.1, -0.05) is 12.1 Å². The van der Waals surface area contributed by atoms with Gasteiger partial charge in [0.1, 0.15) is 11.5 Å². The van der Waals surface area contributed by atoms with E-state index < -0.39 is 0 Å². The molecule has 1 aliphatic heterocycles. The fourth-order valence-electron chi connectivity index (χ4n) is 2.86. The minimum Gasteiger partial charge on any atom is -0.497 e. The number of benzene rings is 1. The van der Waals surface area contributed by atoms with Crippen molar-refractivity contribution in [2.24, 2.45) is 10.9 Å². The SMILES string of the molecule is COc1cccc(CN=C(NCCc2ccco2)NCC2CCOC2)c1.I. The van der Waals surface area contributed by atoms with Crippen LogP contribution in [-0.4, -0.2) is 39.4 Å². The Bertz CT molecular complexity index is 686. The summed E-state index contributed by atoms with van der Waals surface area (Å²) in [4.78, 5) is 4.72. The number of aliphatic imine (C=N–C) groups is 1. The molecule has 1 fully saturated rings. The van der Waals surface area contributed by atoms with Gasteiger partial charge in [0.2, 0.25) is 0 Å². The average Bonchev–Trinajstić information content (AvgIpc) is 3.37. The highest BCUT2D eigenvalue weighted by atomic mass is 127. The molecule has 7 heteroatoms. The van der Waals surface area contributed by atoms with Crippen molar-refractivity contribution in [1.29, 1.82) is 0 Å². The lowest BCUT2D eigenvalue weighted by Gasteiger charge is -2.15. The van der Waals surface area contributed by atoms with Crippen LogP contribution < -0.4 is 15.4 Å². The maximum Gasteiger partial charge on any atom is 0.191 e. The fraction of sp³-hybridized carbons (Fsp3) is 0.450. The molecule has 148 valence electrons. The summed E-state index contributed by atoms with van der Waals surface area (Å²) in [5.41, 5.74) is 1.11. The molecule has 6 nitrogen and oxygen atoms in total. The number of hydrogen-bond donors (Lipinski definition) is 2. The number of nitrogens with zero attached hydrogens (tertiary/aromatic N) is 1. The Morgan fingerprint density at radius 1 is 1.26 bits per heavy atom. The third-order valence-corrected chi connectivity index (χ3v) is 4.38. The first-order valence-electron chi connectivity index (χ1n) is 9.09. The van der Waals surface area contributed by atoms with Gasteiger partial charge in [0.25, 0.3) is 0 Å². The van der Waals surface area contributed by atoms with Crippen LogP contribution in [0.15, 0.2) is 52.1 Å². The zero-order chi connectivity index (χ0) is 18.0. The molecule has 2 N–H and O–H groups in total. The number of nitrogens with one attached hydrogen (secondary N) is 2. The predicted molar refractivity (Wildman–Crippen MR) is 117 cm³/mol. The van der Waals surface area contributed by atoms with E-state index in [1.807, 2.05) is 30.3 Å². The molecular weight excluding hydrogens is 457 g/mol. The van der Waals surface area contributed by atoms with Gasteiger partial charge in [-0.05, 0) is 36.2 Å². The van der Waals surface area contributed by atoms with Crippen LogP contribution in [0.5, 0.6) is 5.75 Å². The van der Waals surface area contributed by atoms with Crippen LogP contribution in [0.4, 0.5) is 0 Å². The Hall–Kier alpha value is -1.74. The van der Waals surface area contributed by atoms with Gasteiger partial charge in [-0.25, -0.2) is 4.99 Å². The molecule has 0 amide bonds. The van der Waals surface area contributed by atoms with Crippen LogP contribution in [0.3, 0.4) is 0 Å². The number of methoxy groups -OCH3 is 1. The fourth-order valence-corrected chi connectivity index (χ4v) is 2.86. The third kappa shape index (κ3) is 7.42. The van der Waals surface area contributed by atoms with Crippen LogP contribution in [0.1, 0.15) is 17.7 Å². The Morgan fingerprint density at radius 2 is 2.19 bits per heavy atom. The van der Waals surface area contributed by atoms with Crippen LogP contribution in [-0.2, 0) is 17.7 Å². The number of halogens is 1. The van der Waals surface area contributed by atoms with Crippen LogP contribution in [0, 0.1) is 5.92 Å². The first-order valence-corrected chi connectivity index (χ1v) is 9.09. The van der Waals surface area contributed by atoms with Gasteiger partial charge in [0.15, 0.2) is 5.96 Å². The van der Waals surface area contributed by atoms with Crippen LogP contribution in [0.25, 0.3) is 0 Å². The second-order valence-corrected chi connectivity index (χ2v) is 6.38. The summed E-state index contributed by atoms with van der Waals surface area (Å²) >= 11 is 0. The van der Waals surface area contributed by atoms with E-state index in [0.29, 0.717) is 12.5 Å². The van der Waals surface area contributed by atoms with E-state index in [1.54, 1.807) is 13.4 Å². The molecule has 0 radical (unpaired) electrons. The van der Waals surface area contributed by atoms with Crippen molar-refractivity contribution in [3.05, 3.63) is 54.0 Å². The van der Waals surface area contributed by atoms with E-state index in [4.69, 9.17) is 18.9 Å². The van der Waals surface area contributed by atoms with Crippen LogP contribution >= 0.6 is 24.0 Å². The van der Waals surface area contributed by atoms with E-state index in [-0.39, 0.29) is 24.0 Å². The van der Waals surface area contributed by atoms with Crippen LogP contribution in [0.2, 0.25) is 0 Å². The number of rotatable bonds is 8. The highest BCUT2D eigenvalue weighted by Gasteiger charge is 2.15. The van der Waals surface area contributed by atoms with Gasteiger partial charge in [0, 0.05) is 32.0 Å². The normalized spacial score (nSPS) is 16.6. The monoisotopic (exact) mass is 485 g/mol. The second-order valence-electron chi connectivity index (χ2n) is 6.38. The minimum absolute atomic E-state index is 0. The van der Waals surface area contributed by atoms with E-state index in [2.05, 4.69) is 16.7 Å². The molecule has 1 aliphatic rings.